The van der Waals surface area contributed by atoms with E-state index in [1.165, 1.54) is 37.9 Å². The van der Waals surface area contributed by atoms with E-state index in [0.717, 1.165) is 24.9 Å². The van der Waals surface area contributed by atoms with Gasteiger partial charge >= 0.3 is 0 Å². The summed E-state index contributed by atoms with van der Waals surface area (Å²) in [7, 11) is 2.32. The highest BCUT2D eigenvalue weighted by molar-refractivity contribution is 5.27. The Morgan fingerprint density at radius 3 is 2.45 bits per heavy atom. The number of benzene rings is 1. The minimum Gasteiger partial charge on any atom is -0.317 e. The molecule has 1 aliphatic carbocycles. The van der Waals surface area contributed by atoms with Gasteiger partial charge in [0, 0.05) is 18.5 Å². The molecule has 1 aromatic carbocycles. The summed E-state index contributed by atoms with van der Waals surface area (Å²) < 4.78 is 0. The normalized spacial score (nSPS) is 28.6. The van der Waals surface area contributed by atoms with Crippen LogP contribution in [0.25, 0.3) is 0 Å². The van der Waals surface area contributed by atoms with Crippen molar-refractivity contribution in [1.82, 2.24) is 10.2 Å². The quantitative estimate of drug-likeness (QED) is 0.886. The fourth-order valence-electron chi connectivity index (χ4n) is 3.87. The Morgan fingerprint density at radius 2 is 1.85 bits per heavy atom. The summed E-state index contributed by atoms with van der Waals surface area (Å²) in [6, 6.07) is 11.2. The van der Waals surface area contributed by atoms with E-state index in [9.17, 15) is 0 Å². The van der Waals surface area contributed by atoms with Gasteiger partial charge in [0.2, 0.25) is 0 Å². The number of nitrogens with one attached hydrogen (secondary N) is 1. The molecule has 20 heavy (non-hydrogen) atoms. The summed E-state index contributed by atoms with van der Waals surface area (Å²) >= 11 is 0. The first kappa shape index (κ1) is 14.1. The number of hydrogen-bond acceptors (Lipinski definition) is 2. The molecule has 2 fully saturated rings. The van der Waals surface area contributed by atoms with Crippen LogP contribution in [0.15, 0.2) is 30.3 Å². The van der Waals surface area contributed by atoms with Crippen LogP contribution in [-0.4, -0.2) is 38.1 Å². The van der Waals surface area contributed by atoms with E-state index < -0.39 is 0 Å². The molecule has 1 heterocycles. The van der Waals surface area contributed by atoms with Gasteiger partial charge in [0.05, 0.1) is 0 Å². The van der Waals surface area contributed by atoms with Gasteiger partial charge in [-0.25, -0.2) is 0 Å². The summed E-state index contributed by atoms with van der Waals surface area (Å²) in [4.78, 5) is 2.59. The van der Waals surface area contributed by atoms with Crippen LogP contribution in [0.1, 0.15) is 31.7 Å². The predicted molar refractivity (Wildman–Crippen MR) is 85.0 cm³/mol. The minimum atomic E-state index is 0.361. The Hall–Kier alpha value is -0.860. The fraction of sp³-hybridized carbons (Fsp3) is 0.667. The molecule has 1 aliphatic heterocycles. The zero-order valence-electron chi connectivity index (χ0n) is 12.9. The van der Waals surface area contributed by atoms with E-state index in [1.54, 1.807) is 0 Å². The van der Waals surface area contributed by atoms with Crippen LogP contribution < -0.4 is 5.32 Å². The molecular formula is C18H28N2. The third kappa shape index (κ3) is 3.07. The Morgan fingerprint density at radius 1 is 1.20 bits per heavy atom. The van der Waals surface area contributed by atoms with Crippen LogP contribution in [0.5, 0.6) is 0 Å². The van der Waals surface area contributed by atoms with Crippen molar-refractivity contribution in [2.75, 3.05) is 33.2 Å². The molecule has 2 nitrogen and oxygen atoms in total. The molecule has 0 spiro atoms. The smallest absolute Gasteiger partial charge is 0.0104 e. The number of piperidine rings is 1. The maximum absolute atomic E-state index is 3.52. The second-order valence-corrected chi connectivity index (χ2v) is 7.07. The molecule has 3 rings (SSSR count). The third-order valence-corrected chi connectivity index (χ3v) is 5.34. The van der Waals surface area contributed by atoms with Gasteiger partial charge in [-0.3, -0.25) is 0 Å². The van der Waals surface area contributed by atoms with Crippen molar-refractivity contribution in [3.63, 3.8) is 0 Å². The monoisotopic (exact) mass is 272 g/mol. The summed E-state index contributed by atoms with van der Waals surface area (Å²) in [6.45, 7) is 7.19. The maximum Gasteiger partial charge on any atom is 0.0104 e. The zero-order valence-corrected chi connectivity index (χ0v) is 12.9. The van der Waals surface area contributed by atoms with Gasteiger partial charge in [-0.15, -0.1) is 0 Å². The lowest BCUT2D eigenvalue weighted by Gasteiger charge is -2.41. The van der Waals surface area contributed by atoms with Gasteiger partial charge in [-0.2, -0.15) is 0 Å². The molecule has 1 aromatic rings. The van der Waals surface area contributed by atoms with E-state index >= 15 is 0 Å². The van der Waals surface area contributed by atoms with Crippen molar-refractivity contribution >= 4 is 0 Å². The largest absolute Gasteiger partial charge is 0.317 e. The van der Waals surface area contributed by atoms with Crippen LogP contribution in [0.2, 0.25) is 0 Å². The second kappa shape index (κ2) is 5.87. The van der Waals surface area contributed by atoms with Gasteiger partial charge in [0.1, 0.15) is 0 Å². The maximum atomic E-state index is 3.52. The molecule has 0 aromatic heterocycles. The second-order valence-electron chi connectivity index (χ2n) is 7.07. The number of likely N-dealkylation sites (N-methyl/N-ethyl adjacent to an activating group) is 1. The summed E-state index contributed by atoms with van der Waals surface area (Å²) in [5.41, 5.74) is 1.90. The van der Waals surface area contributed by atoms with Crippen LogP contribution >= 0.6 is 0 Å². The highest BCUT2D eigenvalue weighted by Crippen LogP contribution is 2.39. The molecule has 0 radical (unpaired) electrons. The van der Waals surface area contributed by atoms with Crippen LogP contribution in [0, 0.1) is 11.8 Å². The third-order valence-electron chi connectivity index (χ3n) is 5.34. The predicted octanol–water partition coefficient (Wildman–Crippen LogP) is 2.90. The lowest BCUT2D eigenvalue weighted by Crippen LogP contribution is -2.47. The average molecular weight is 272 g/mol. The zero-order chi connectivity index (χ0) is 14.0. The molecule has 1 saturated carbocycles. The van der Waals surface area contributed by atoms with Gasteiger partial charge in [-0.1, -0.05) is 37.3 Å². The average Bonchev–Trinajstić information content (AvgIpc) is 3.15. The SMILES string of the molecule is CC1CC1CN(C)CC1(c2ccccc2)CCNCC1. The van der Waals surface area contributed by atoms with Crippen molar-refractivity contribution in [1.29, 1.82) is 0 Å². The first-order chi connectivity index (χ1) is 9.70. The topological polar surface area (TPSA) is 15.3 Å². The van der Waals surface area contributed by atoms with Crippen LogP contribution in [0.3, 0.4) is 0 Å². The molecule has 1 saturated heterocycles. The van der Waals surface area contributed by atoms with E-state index in [4.69, 9.17) is 0 Å². The van der Waals surface area contributed by atoms with Gasteiger partial charge in [0.15, 0.2) is 0 Å². The molecule has 2 heteroatoms. The number of rotatable bonds is 5. The fourth-order valence-corrected chi connectivity index (χ4v) is 3.87. The molecule has 1 N–H and O–H groups in total. The van der Waals surface area contributed by atoms with E-state index in [-0.39, 0.29) is 0 Å². The Bertz CT molecular complexity index is 422. The van der Waals surface area contributed by atoms with E-state index in [2.05, 4.69) is 54.5 Å². The van der Waals surface area contributed by atoms with E-state index in [0.29, 0.717) is 5.41 Å². The molecule has 110 valence electrons. The molecule has 0 bridgehead atoms. The highest BCUT2D eigenvalue weighted by Gasteiger charge is 2.38. The molecule has 2 unspecified atom stereocenters. The van der Waals surface area contributed by atoms with Gasteiger partial charge in [-0.05, 0) is 56.8 Å². The molecule has 2 atom stereocenters. The summed E-state index contributed by atoms with van der Waals surface area (Å²) in [5, 5.41) is 3.52. The summed E-state index contributed by atoms with van der Waals surface area (Å²) in [5.74, 6) is 1.91. The van der Waals surface area contributed by atoms with Gasteiger partial charge in [0.25, 0.3) is 0 Å². The van der Waals surface area contributed by atoms with Crippen LogP contribution in [0.4, 0.5) is 0 Å². The minimum absolute atomic E-state index is 0.361. The first-order valence-corrected chi connectivity index (χ1v) is 8.14. The Kier molecular flexibility index (Phi) is 4.13. The van der Waals surface area contributed by atoms with Gasteiger partial charge < -0.3 is 10.2 Å². The van der Waals surface area contributed by atoms with Crippen molar-refractivity contribution in [3.05, 3.63) is 35.9 Å². The summed E-state index contributed by atoms with van der Waals surface area (Å²) in [6.07, 6.45) is 3.97. The lowest BCUT2D eigenvalue weighted by molar-refractivity contribution is 0.194. The molecule has 2 aliphatic rings. The number of hydrogen-bond donors (Lipinski definition) is 1. The number of nitrogens with zero attached hydrogens (tertiary/aromatic N) is 1. The van der Waals surface area contributed by atoms with Crippen LogP contribution in [-0.2, 0) is 5.41 Å². The highest BCUT2D eigenvalue weighted by atomic mass is 15.1. The lowest BCUT2D eigenvalue weighted by atomic mass is 9.73. The van der Waals surface area contributed by atoms with E-state index in [1.807, 2.05) is 0 Å². The van der Waals surface area contributed by atoms with Crippen molar-refractivity contribution in [3.8, 4) is 0 Å². The molecule has 0 amide bonds. The molecular weight excluding hydrogens is 244 g/mol. The Labute approximate surface area is 123 Å². The van der Waals surface area contributed by atoms with Crippen molar-refractivity contribution in [2.45, 2.75) is 31.6 Å². The Balaban J connectivity index is 1.72. The van der Waals surface area contributed by atoms with Crippen molar-refractivity contribution < 1.29 is 0 Å². The standard InChI is InChI=1S/C18H28N2/c1-15-12-16(15)13-20(2)14-18(8-10-19-11-9-18)17-6-4-3-5-7-17/h3-7,15-16,19H,8-14H2,1-2H3. The van der Waals surface area contributed by atoms with Crippen molar-refractivity contribution in [2.24, 2.45) is 11.8 Å². The first-order valence-electron chi connectivity index (χ1n) is 8.14.